The molecule has 0 radical (unpaired) electrons. The van der Waals surface area contributed by atoms with Crippen LogP contribution in [-0.4, -0.2) is 68.7 Å². The molecule has 0 aromatic carbocycles. The van der Waals surface area contributed by atoms with E-state index < -0.39 is 5.41 Å². The second-order valence-electron chi connectivity index (χ2n) is 6.37. The van der Waals surface area contributed by atoms with Gasteiger partial charge in [-0.05, 0) is 32.9 Å². The Labute approximate surface area is 123 Å². The Kier molecular flexibility index (Phi) is 6.92. The summed E-state index contributed by atoms with van der Waals surface area (Å²) < 4.78 is 5.36. The molecule has 1 unspecified atom stereocenters. The van der Waals surface area contributed by atoms with E-state index in [9.17, 15) is 4.79 Å². The van der Waals surface area contributed by atoms with Crippen molar-refractivity contribution in [2.45, 2.75) is 27.2 Å². The number of primary amides is 1. The van der Waals surface area contributed by atoms with Crippen LogP contribution in [0, 0.1) is 11.3 Å². The number of ether oxygens (including phenoxy) is 1. The Morgan fingerprint density at radius 2 is 2.15 bits per heavy atom. The first-order valence-electron chi connectivity index (χ1n) is 7.66. The van der Waals surface area contributed by atoms with Crippen LogP contribution in [0.3, 0.4) is 0 Å². The Balaban J connectivity index is 2.26. The predicted octanol–water partition coefficient (Wildman–Crippen LogP) is 0.788. The van der Waals surface area contributed by atoms with Crippen LogP contribution in [0.2, 0.25) is 0 Å². The monoisotopic (exact) mass is 285 g/mol. The van der Waals surface area contributed by atoms with E-state index in [0.29, 0.717) is 5.92 Å². The second kappa shape index (κ2) is 7.96. The SMILES string of the molecule is CCOCCN(C)CCN1CCC(C(C)(C)C(N)=O)C1. The molecule has 1 aliphatic heterocycles. The van der Waals surface area contributed by atoms with Crippen molar-refractivity contribution in [3.8, 4) is 0 Å². The highest BCUT2D eigenvalue weighted by Crippen LogP contribution is 2.33. The maximum Gasteiger partial charge on any atom is 0.223 e. The van der Waals surface area contributed by atoms with Crippen LogP contribution in [0.4, 0.5) is 0 Å². The Hall–Kier alpha value is -0.650. The summed E-state index contributed by atoms with van der Waals surface area (Å²) in [5, 5.41) is 0. The van der Waals surface area contributed by atoms with Crippen molar-refractivity contribution >= 4 is 5.91 Å². The van der Waals surface area contributed by atoms with Crippen molar-refractivity contribution in [2.75, 3.05) is 53.0 Å². The van der Waals surface area contributed by atoms with Gasteiger partial charge in [-0.25, -0.2) is 0 Å². The van der Waals surface area contributed by atoms with Gasteiger partial charge in [0.05, 0.1) is 6.61 Å². The summed E-state index contributed by atoms with van der Waals surface area (Å²) in [6.45, 7) is 12.6. The molecule has 0 spiro atoms. The predicted molar refractivity (Wildman–Crippen MR) is 81.5 cm³/mol. The number of hydrogen-bond acceptors (Lipinski definition) is 4. The summed E-state index contributed by atoms with van der Waals surface area (Å²) in [6, 6.07) is 0. The molecule has 1 heterocycles. The third-order valence-electron chi connectivity index (χ3n) is 4.55. The lowest BCUT2D eigenvalue weighted by Crippen LogP contribution is -2.40. The third-order valence-corrected chi connectivity index (χ3v) is 4.55. The topological polar surface area (TPSA) is 58.8 Å². The molecule has 2 N–H and O–H groups in total. The number of amides is 1. The van der Waals surface area contributed by atoms with Gasteiger partial charge in [0, 0.05) is 38.2 Å². The third kappa shape index (κ3) is 5.04. The summed E-state index contributed by atoms with van der Waals surface area (Å²) in [7, 11) is 2.12. The van der Waals surface area contributed by atoms with Crippen LogP contribution in [0.5, 0.6) is 0 Å². The van der Waals surface area contributed by atoms with Gasteiger partial charge in [-0.15, -0.1) is 0 Å². The maximum absolute atomic E-state index is 11.5. The van der Waals surface area contributed by atoms with Gasteiger partial charge in [-0.1, -0.05) is 13.8 Å². The number of nitrogens with zero attached hydrogens (tertiary/aromatic N) is 2. The first-order valence-corrected chi connectivity index (χ1v) is 7.66. The summed E-state index contributed by atoms with van der Waals surface area (Å²) in [5.41, 5.74) is 5.11. The molecular formula is C15H31N3O2. The molecule has 0 aliphatic carbocycles. The van der Waals surface area contributed by atoms with Crippen LogP contribution in [-0.2, 0) is 9.53 Å². The normalized spacial score (nSPS) is 20.8. The van der Waals surface area contributed by atoms with E-state index in [-0.39, 0.29) is 5.91 Å². The molecular weight excluding hydrogens is 254 g/mol. The van der Waals surface area contributed by atoms with E-state index in [2.05, 4.69) is 16.8 Å². The molecule has 0 aromatic rings. The fourth-order valence-electron chi connectivity index (χ4n) is 2.61. The van der Waals surface area contributed by atoms with E-state index >= 15 is 0 Å². The van der Waals surface area contributed by atoms with Crippen LogP contribution in [0.1, 0.15) is 27.2 Å². The van der Waals surface area contributed by atoms with Crippen LogP contribution >= 0.6 is 0 Å². The Morgan fingerprint density at radius 3 is 2.75 bits per heavy atom. The Morgan fingerprint density at radius 1 is 1.45 bits per heavy atom. The van der Waals surface area contributed by atoms with Crippen molar-refractivity contribution in [1.29, 1.82) is 0 Å². The lowest BCUT2D eigenvalue weighted by atomic mass is 9.78. The summed E-state index contributed by atoms with van der Waals surface area (Å²) in [4.78, 5) is 16.2. The van der Waals surface area contributed by atoms with Gasteiger partial charge in [0.15, 0.2) is 0 Å². The minimum absolute atomic E-state index is 0.182. The molecule has 1 saturated heterocycles. The molecule has 1 rings (SSSR count). The van der Waals surface area contributed by atoms with Crippen LogP contribution < -0.4 is 5.73 Å². The van der Waals surface area contributed by atoms with Crippen molar-refractivity contribution in [1.82, 2.24) is 9.80 Å². The number of rotatable bonds is 9. The smallest absolute Gasteiger partial charge is 0.223 e. The van der Waals surface area contributed by atoms with Gasteiger partial charge in [-0.2, -0.15) is 0 Å². The highest BCUT2D eigenvalue weighted by molar-refractivity contribution is 5.80. The average molecular weight is 285 g/mol. The zero-order valence-corrected chi connectivity index (χ0v) is 13.5. The maximum atomic E-state index is 11.5. The van der Waals surface area contributed by atoms with Crippen molar-refractivity contribution in [2.24, 2.45) is 17.1 Å². The molecule has 118 valence electrons. The molecule has 0 aromatic heterocycles. The standard InChI is InChI=1S/C15H31N3O2/c1-5-20-11-10-17(4)8-9-18-7-6-13(12-18)15(2,3)14(16)19/h13H,5-12H2,1-4H3,(H2,16,19). The number of likely N-dealkylation sites (tertiary alicyclic amines) is 1. The molecule has 0 saturated carbocycles. The van der Waals surface area contributed by atoms with Crippen LogP contribution in [0.15, 0.2) is 0 Å². The van der Waals surface area contributed by atoms with Gasteiger partial charge < -0.3 is 20.3 Å². The zero-order valence-electron chi connectivity index (χ0n) is 13.5. The number of likely N-dealkylation sites (N-methyl/N-ethyl adjacent to an activating group) is 1. The van der Waals surface area contributed by atoms with E-state index in [1.54, 1.807) is 0 Å². The summed E-state index contributed by atoms with van der Waals surface area (Å²) in [5.74, 6) is 0.201. The van der Waals surface area contributed by atoms with Crippen molar-refractivity contribution in [3.05, 3.63) is 0 Å². The molecule has 5 heteroatoms. The van der Waals surface area contributed by atoms with Gasteiger partial charge in [0.25, 0.3) is 0 Å². The largest absolute Gasteiger partial charge is 0.380 e. The molecule has 20 heavy (non-hydrogen) atoms. The number of carbonyl (C=O) groups excluding carboxylic acids is 1. The highest BCUT2D eigenvalue weighted by Gasteiger charge is 2.39. The molecule has 1 amide bonds. The number of carbonyl (C=O) groups is 1. The van der Waals surface area contributed by atoms with E-state index in [0.717, 1.165) is 52.4 Å². The number of nitrogens with two attached hydrogens (primary N) is 1. The minimum Gasteiger partial charge on any atom is -0.380 e. The lowest BCUT2D eigenvalue weighted by molar-refractivity contribution is -0.128. The van der Waals surface area contributed by atoms with Gasteiger partial charge in [0.1, 0.15) is 0 Å². The van der Waals surface area contributed by atoms with Gasteiger partial charge in [0.2, 0.25) is 5.91 Å². The summed E-state index contributed by atoms with van der Waals surface area (Å²) in [6.07, 6.45) is 1.07. The van der Waals surface area contributed by atoms with E-state index in [1.807, 2.05) is 20.8 Å². The van der Waals surface area contributed by atoms with Crippen molar-refractivity contribution < 1.29 is 9.53 Å². The quantitative estimate of drug-likeness (QED) is 0.636. The molecule has 5 nitrogen and oxygen atoms in total. The number of hydrogen-bond donors (Lipinski definition) is 1. The van der Waals surface area contributed by atoms with E-state index in [4.69, 9.17) is 10.5 Å². The second-order valence-corrected chi connectivity index (χ2v) is 6.37. The van der Waals surface area contributed by atoms with Gasteiger partial charge >= 0.3 is 0 Å². The highest BCUT2D eigenvalue weighted by atomic mass is 16.5. The first kappa shape index (κ1) is 17.4. The zero-order chi connectivity index (χ0) is 15.2. The average Bonchev–Trinajstić information content (AvgIpc) is 2.86. The fraction of sp³-hybridized carbons (Fsp3) is 0.933. The van der Waals surface area contributed by atoms with E-state index in [1.165, 1.54) is 0 Å². The van der Waals surface area contributed by atoms with Crippen LogP contribution in [0.25, 0.3) is 0 Å². The van der Waals surface area contributed by atoms with Gasteiger partial charge in [-0.3, -0.25) is 4.79 Å². The molecule has 1 atom stereocenters. The minimum atomic E-state index is -0.393. The summed E-state index contributed by atoms with van der Waals surface area (Å²) >= 11 is 0. The molecule has 0 bridgehead atoms. The Bertz CT molecular complexity index is 307. The fourth-order valence-corrected chi connectivity index (χ4v) is 2.61. The molecule has 1 fully saturated rings. The molecule has 1 aliphatic rings. The lowest BCUT2D eigenvalue weighted by Gasteiger charge is -2.28. The van der Waals surface area contributed by atoms with Crippen molar-refractivity contribution in [3.63, 3.8) is 0 Å². The first-order chi connectivity index (χ1) is 9.37.